The van der Waals surface area contributed by atoms with Crippen LogP contribution in [0.1, 0.15) is 70.8 Å². The van der Waals surface area contributed by atoms with Crippen molar-refractivity contribution in [1.29, 1.82) is 0 Å². The lowest BCUT2D eigenvalue weighted by molar-refractivity contribution is -0.121. The smallest absolute Gasteiger partial charge is 0.300 e. The van der Waals surface area contributed by atoms with Gasteiger partial charge in [0.25, 0.3) is 0 Å². The zero-order valence-corrected chi connectivity index (χ0v) is 23.2. The average molecular weight is 528 g/mol. The molecule has 4 aromatic rings. The maximum Gasteiger partial charge on any atom is 0.328 e. The molecule has 0 spiro atoms. The number of carbonyl (C=O) groups is 1. The lowest BCUT2D eigenvalue weighted by Gasteiger charge is -2.27. The summed E-state index contributed by atoms with van der Waals surface area (Å²) < 4.78 is 3.74. The van der Waals surface area contributed by atoms with Crippen molar-refractivity contribution in [2.24, 2.45) is 17.8 Å². The second-order valence-corrected chi connectivity index (χ2v) is 11.0. The number of nitrogens with one attached hydrogen (secondary N) is 1. The third-order valence-electron chi connectivity index (χ3n) is 8.20. The molecule has 1 fully saturated rings. The number of Topliss-reactive ketones (excluding diaryl/α,β-unsaturated/α-hetero) is 1. The fourth-order valence-electron chi connectivity index (χ4n) is 6.12. The molecule has 1 aliphatic rings. The minimum atomic E-state index is -0.110. The molecule has 3 heterocycles. The molecule has 9 nitrogen and oxygen atoms in total. The van der Waals surface area contributed by atoms with Crippen molar-refractivity contribution in [3.8, 4) is 22.5 Å². The molecule has 0 radical (unpaired) electrons. The topological polar surface area (TPSA) is 111 Å². The van der Waals surface area contributed by atoms with E-state index in [1.54, 1.807) is 6.92 Å². The summed E-state index contributed by atoms with van der Waals surface area (Å²) in [6, 6.07) is 11.8. The molecule has 1 aromatic carbocycles. The molecule has 204 valence electrons. The summed E-state index contributed by atoms with van der Waals surface area (Å²) in [5.74, 6) is 1.30. The number of hydrogen-bond donors (Lipinski definition) is 1. The van der Waals surface area contributed by atoms with Crippen LogP contribution >= 0.6 is 0 Å². The van der Waals surface area contributed by atoms with Gasteiger partial charge < -0.3 is 0 Å². The zero-order valence-electron chi connectivity index (χ0n) is 23.2. The molecule has 9 heteroatoms. The van der Waals surface area contributed by atoms with Crippen LogP contribution in [-0.4, -0.2) is 40.5 Å². The number of hydrogen-bond acceptors (Lipinski definition) is 6. The largest absolute Gasteiger partial charge is 0.328 e. The predicted octanol–water partition coefficient (Wildman–Crippen LogP) is 5.10. The molecule has 5 rings (SSSR count). The number of pyridine rings is 1. The van der Waals surface area contributed by atoms with Gasteiger partial charge in [0.2, 0.25) is 5.82 Å². The Balaban J connectivity index is 1.47. The third-order valence-corrected chi connectivity index (χ3v) is 8.20. The number of H-pyrrole nitrogens is 1. The van der Waals surface area contributed by atoms with Crippen LogP contribution in [0.4, 0.5) is 0 Å². The van der Waals surface area contributed by atoms with Crippen LogP contribution in [0.25, 0.3) is 22.5 Å². The number of rotatable bonds is 10. The van der Waals surface area contributed by atoms with Crippen molar-refractivity contribution in [1.82, 2.24) is 34.7 Å². The van der Waals surface area contributed by atoms with E-state index in [0.29, 0.717) is 24.2 Å². The van der Waals surface area contributed by atoms with Gasteiger partial charge in [-0.15, -0.1) is 10.2 Å². The van der Waals surface area contributed by atoms with E-state index in [9.17, 15) is 9.59 Å². The lowest BCUT2D eigenvalue weighted by Crippen LogP contribution is -2.35. The number of aromatic nitrogens is 7. The number of nitrogens with zero attached hydrogens (tertiary/aromatic N) is 6. The minimum Gasteiger partial charge on any atom is -0.300 e. The standard InChI is InChI=1S/C30H37N7O2/c1-5-6-9-23-18-37(28-24(19(2)3)14-15-25(28)20(4)38)30(39)36(23)17-22-13-12-21(16-31-22)26-10-7-8-11-27(26)29-32-34-35-33-29/h7-8,10-13,16,18-19,24-25,28H,5-6,9,14-15,17H2,1-4H3,(H,32,33,34,35). The highest BCUT2D eigenvalue weighted by atomic mass is 16.2. The molecule has 0 amide bonds. The van der Waals surface area contributed by atoms with Crippen molar-refractivity contribution < 1.29 is 4.79 Å². The van der Waals surface area contributed by atoms with Gasteiger partial charge in [0, 0.05) is 35.1 Å². The summed E-state index contributed by atoms with van der Waals surface area (Å²) in [5.41, 5.74) is 4.53. The van der Waals surface area contributed by atoms with Crippen LogP contribution in [0.15, 0.2) is 53.6 Å². The van der Waals surface area contributed by atoms with Crippen LogP contribution in [-0.2, 0) is 17.8 Å². The number of imidazole rings is 1. The first-order valence-electron chi connectivity index (χ1n) is 14.0. The molecule has 39 heavy (non-hydrogen) atoms. The first-order chi connectivity index (χ1) is 18.9. The van der Waals surface area contributed by atoms with Crippen molar-refractivity contribution in [2.45, 2.75) is 72.4 Å². The number of aryl methyl sites for hydroxylation is 1. The molecule has 1 N–H and O–H groups in total. The molecule has 0 bridgehead atoms. The predicted molar refractivity (Wildman–Crippen MR) is 150 cm³/mol. The van der Waals surface area contributed by atoms with Crippen LogP contribution in [0.2, 0.25) is 0 Å². The maximum atomic E-state index is 13.9. The summed E-state index contributed by atoms with van der Waals surface area (Å²) in [6.07, 6.45) is 8.53. The fourth-order valence-corrected chi connectivity index (χ4v) is 6.12. The molecule has 0 aliphatic heterocycles. The quantitative estimate of drug-likeness (QED) is 0.307. The number of benzene rings is 1. The van der Waals surface area contributed by atoms with Gasteiger partial charge in [-0.3, -0.25) is 18.9 Å². The van der Waals surface area contributed by atoms with E-state index in [1.165, 1.54) is 0 Å². The van der Waals surface area contributed by atoms with Crippen LogP contribution in [0, 0.1) is 17.8 Å². The number of tetrazole rings is 1. The molecule has 0 saturated heterocycles. The van der Waals surface area contributed by atoms with Gasteiger partial charge in [0.15, 0.2) is 0 Å². The summed E-state index contributed by atoms with van der Waals surface area (Å²) in [6.45, 7) is 8.61. The number of unbranched alkanes of at least 4 members (excludes halogenated alkanes) is 1. The van der Waals surface area contributed by atoms with Gasteiger partial charge in [-0.25, -0.2) is 4.79 Å². The van der Waals surface area contributed by atoms with E-state index in [4.69, 9.17) is 4.98 Å². The van der Waals surface area contributed by atoms with E-state index in [2.05, 4.69) is 41.4 Å². The summed E-state index contributed by atoms with van der Waals surface area (Å²) in [5, 5.41) is 14.5. The van der Waals surface area contributed by atoms with E-state index in [1.807, 2.05) is 57.9 Å². The molecule has 3 aromatic heterocycles. The van der Waals surface area contributed by atoms with E-state index >= 15 is 0 Å². The lowest BCUT2D eigenvalue weighted by atomic mass is 9.87. The van der Waals surface area contributed by atoms with Crippen LogP contribution in [0.3, 0.4) is 0 Å². The third kappa shape index (κ3) is 5.35. The molecular formula is C30H37N7O2. The Morgan fingerprint density at radius 3 is 2.56 bits per heavy atom. The van der Waals surface area contributed by atoms with Gasteiger partial charge in [-0.05, 0) is 61.3 Å². The molecule has 1 aliphatic carbocycles. The van der Waals surface area contributed by atoms with E-state index in [0.717, 1.165) is 60.2 Å². The number of carbonyl (C=O) groups excluding carboxylic acids is 1. The Kier molecular flexibility index (Phi) is 7.86. The highest BCUT2D eigenvalue weighted by Gasteiger charge is 2.42. The molecular weight excluding hydrogens is 490 g/mol. The van der Waals surface area contributed by atoms with Crippen molar-refractivity contribution in [3.63, 3.8) is 0 Å². The van der Waals surface area contributed by atoms with Gasteiger partial charge in [-0.1, -0.05) is 57.5 Å². The monoisotopic (exact) mass is 527 g/mol. The Bertz CT molecular complexity index is 1470. The summed E-state index contributed by atoms with van der Waals surface area (Å²) in [7, 11) is 0. The Morgan fingerprint density at radius 2 is 1.92 bits per heavy atom. The second-order valence-electron chi connectivity index (χ2n) is 11.0. The Labute approximate surface area is 228 Å². The van der Waals surface area contributed by atoms with E-state index in [-0.39, 0.29) is 23.4 Å². The van der Waals surface area contributed by atoms with E-state index < -0.39 is 0 Å². The van der Waals surface area contributed by atoms with Crippen LogP contribution in [0.5, 0.6) is 0 Å². The SMILES string of the molecule is CCCCc1cn(C2C(C(C)=O)CCC2C(C)C)c(=O)n1Cc1ccc(-c2ccccc2-c2nn[nH]n2)cn1. The van der Waals surface area contributed by atoms with Gasteiger partial charge in [-0.2, -0.15) is 5.21 Å². The zero-order chi connectivity index (χ0) is 27.5. The first kappa shape index (κ1) is 26.7. The number of aromatic amines is 1. The van der Waals surface area contributed by atoms with Crippen molar-refractivity contribution in [2.75, 3.05) is 0 Å². The second kappa shape index (κ2) is 11.5. The maximum absolute atomic E-state index is 13.9. The molecule has 3 unspecified atom stereocenters. The van der Waals surface area contributed by atoms with Gasteiger partial charge in [0.05, 0.1) is 18.3 Å². The van der Waals surface area contributed by atoms with Crippen LogP contribution < -0.4 is 5.69 Å². The van der Waals surface area contributed by atoms with Gasteiger partial charge >= 0.3 is 5.69 Å². The Morgan fingerprint density at radius 1 is 1.13 bits per heavy atom. The normalized spacial score (nSPS) is 19.2. The van der Waals surface area contributed by atoms with Gasteiger partial charge in [0.1, 0.15) is 5.78 Å². The average Bonchev–Trinajstić information content (AvgIpc) is 3.68. The summed E-state index contributed by atoms with van der Waals surface area (Å²) >= 11 is 0. The first-order valence-corrected chi connectivity index (χ1v) is 14.0. The summed E-state index contributed by atoms with van der Waals surface area (Å²) in [4.78, 5) is 31.2. The fraction of sp³-hybridized carbons (Fsp3) is 0.467. The Hall–Kier alpha value is -3.88. The van der Waals surface area contributed by atoms with Crippen molar-refractivity contribution >= 4 is 5.78 Å². The number of ketones is 1. The molecule has 1 saturated carbocycles. The van der Waals surface area contributed by atoms with Crippen molar-refractivity contribution in [3.05, 3.63) is 70.7 Å². The highest BCUT2D eigenvalue weighted by Crippen LogP contribution is 2.44. The molecule has 3 atom stereocenters. The minimum absolute atomic E-state index is 0.0433. The highest BCUT2D eigenvalue weighted by molar-refractivity contribution is 5.80.